The molecule has 0 heterocycles. The van der Waals surface area contributed by atoms with Crippen LogP contribution in [0.1, 0.15) is 19.4 Å². The van der Waals surface area contributed by atoms with Crippen LogP contribution < -0.4 is 5.32 Å². The molecular formula is C21H26Cl2N2OS2. The average Bonchev–Trinajstić information content (AvgIpc) is 2.58. The molecule has 0 saturated carbocycles. The van der Waals surface area contributed by atoms with E-state index in [0.717, 1.165) is 30.1 Å². The molecule has 152 valence electrons. The van der Waals surface area contributed by atoms with Gasteiger partial charge in [-0.05, 0) is 44.7 Å². The number of hydrogen-bond acceptors (Lipinski definition) is 5. The Morgan fingerprint density at radius 2 is 1.79 bits per heavy atom. The van der Waals surface area contributed by atoms with E-state index in [1.807, 2.05) is 24.3 Å². The molecule has 0 atom stereocenters. The standard InChI is InChI=1S/C21H26Cl2N2OS2/c1-21(2,27)14-25(3)11-12-28-19(26)13-15-7-4-5-10-18(15)24-20-16(22)8-6-9-17(20)23/h4-10,24,27H,11-14H2,1-3H3. The highest BCUT2D eigenvalue weighted by Crippen LogP contribution is 2.33. The highest BCUT2D eigenvalue weighted by atomic mass is 35.5. The summed E-state index contributed by atoms with van der Waals surface area (Å²) in [6.45, 7) is 5.88. The van der Waals surface area contributed by atoms with Crippen molar-refractivity contribution in [2.75, 3.05) is 31.2 Å². The van der Waals surface area contributed by atoms with Crippen LogP contribution in [0.15, 0.2) is 42.5 Å². The number of thiol groups is 1. The first-order chi connectivity index (χ1) is 13.2. The highest BCUT2D eigenvalue weighted by Gasteiger charge is 2.15. The number of nitrogens with one attached hydrogen (secondary N) is 1. The summed E-state index contributed by atoms with van der Waals surface area (Å²) in [5, 5.41) is 4.49. The molecule has 7 heteroatoms. The molecule has 2 aromatic carbocycles. The Kier molecular flexibility index (Phi) is 9.03. The molecule has 0 bridgehead atoms. The van der Waals surface area contributed by atoms with Gasteiger partial charge in [0.15, 0.2) is 5.12 Å². The van der Waals surface area contributed by atoms with Gasteiger partial charge in [0.25, 0.3) is 0 Å². The third kappa shape index (κ3) is 7.88. The van der Waals surface area contributed by atoms with E-state index >= 15 is 0 Å². The molecule has 0 saturated heterocycles. The maximum Gasteiger partial charge on any atom is 0.193 e. The van der Waals surface area contributed by atoms with Crippen molar-refractivity contribution in [3.63, 3.8) is 0 Å². The molecule has 0 fully saturated rings. The minimum absolute atomic E-state index is 0.0476. The zero-order valence-electron chi connectivity index (χ0n) is 16.3. The van der Waals surface area contributed by atoms with Gasteiger partial charge >= 0.3 is 0 Å². The molecule has 0 amide bonds. The summed E-state index contributed by atoms with van der Waals surface area (Å²) in [5.41, 5.74) is 2.40. The van der Waals surface area contributed by atoms with Gasteiger partial charge in [0, 0.05) is 35.7 Å². The normalized spacial score (nSPS) is 11.7. The molecule has 3 nitrogen and oxygen atoms in total. The first-order valence-electron chi connectivity index (χ1n) is 9.01. The number of halogens is 2. The zero-order chi connectivity index (χ0) is 20.7. The Morgan fingerprint density at radius 3 is 2.43 bits per heavy atom. The van der Waals surface area contributed by atoms with E-state index in [-0.39, 0.29) is 9.86 Å². The first kappa shape index (κ1) is 23.4. The third-order valence-corrected chi connectivity index (χ3v) is 5.59. The summed E-state index contributed by atoms with van der Waals surface area (Å²) in [7, 11) is 2.05. The lowest BCUT2D eigenvalue weighted by Gasteiger charge is -2.25. The molecule has 0 aliphatic rings. The van der Waals surface area contributed by atoms with Crippen LogP contribution in [0.3, 0.4) is 0 Å². The van der Waals surface area contributed by atoms with Crippen molar-refractivity contribution in [1.82, 2.24) is 4.90 Å². The number of carbonyl (C=O) groups excluding carboxylic acids is 1. The van der Waals surface area contributed by atoms with Gasteiger partial charge in [-0.2, -0.15) is 12.6 Å². The smallest absolute Gasteiger partial charge is 0.193 e. The summed E-state index contributed by atoms with van der Waals surface area (Å²) in [4.78, 5) is 14.7. The second-order valence-electron chi connectivity index (χ2n) is 7.33. The molecule has 0 aliphatic carbocycles. The van der Waals surface area contributed by atoms with E-state index in [1.165, 1.54) is 11.8 Å². The van der Waals surface area contributed by atoms with Crippen LogP contribution in [0.5, 0.6) is 0 Å². The Balaban J connectivity index is 1.95. The molecular weight excluding hydrogens is 431 g/mol. The number of nitrogens with zero attached hydrogens (tertiary/aromatic N) is 1. The maximum absolute atomic E-state index is 12.5. The number of thioether (sulfide) groups is 1. The van der Waals surface area contributed by atoms with Gasteiger partial charge in [-0.25, -0.2) is 0 Å². The van der Waals surface area contributed by atoms with Gasteiger partial charge in [0.2, 0.25) is 0 Å². The number of para-hydroxylation sites is 2. The van der Waals surface area contributed by atoms with Crippen molar-refractivity contribution < 1.29 is 4.79 Å². The maximum atomic E-state index is 12.5. The van der Waals surface area contributed by atoms with Crippen LogP contribution in [0.2, 0.25) is 10.0 Å². The second kappa shape index (κ2) is 10.8. The number of carbonyl (C=O) groups is 1. The van der Waals surface area contributed by atoms with Gasteiger partial charge in [-0.3, -0.25) is 4.79 Å². The number of hydrogen-bond donors (Lipinski definition) is 2. The van der Waals surface area contributed by atoms with Crippen molar-refractivity contribution >= 4 is 64.1 Å². The zero-order valence-corrected chi connectivity index (χ0v) is 19.6. The fourth-order valence-electron chi connectivity index (χ4n) is 2.81. The quantitative estimate of drug-likeness (QED) is 0.441. The Hall–Kier alpha value is -0.850. The van der Waals surface area contributed by atoms with Crippen molar-refractivity contribution in [2.24, 2.45) is 0 Å². The largest absolute Gasteiger partial charge is 0.353 e. The van der Waals surface area contributed by atoms with Crippen molar-refractivity contribution in [2.45, 2.75) is 25.0 Å². The molecule has 28 heavy (non-hydrogen) atoms. The van der Waals surface area contributed by atoms with Crippen molar-refractivity contribution in [3.05, 3.63) is 58.1 Å². The predicted octanol–water partition coefficient (Wildman–Crippen LogP) is 6.18. The lowest BCUT2D eigenvalue weighted by atomic mass is 10.1. The van der Waals surface area contributed by atoms with Crippen LogP contribution in [0.25, 0.3) is 0 Å². The molecule has 0 radical (unpaired) electrons. The minimum Gasteiger partial charge on any atom is -0.353 e. The monoisotopic (exact) mass is 456 g/mol. The lowest BCUT2D eigenvalue weighted by Crippen LogP contribution is -2.33. The van der Waals surface area contributed by atoms with Crippen LogP contribution in [-0.4, -0.2) is 40.7 Å². The summed E-state index contributed by atoms with van der Waals surface area (Å²) < 4.78 is -0.0476. The highest BCUT2D eigenvalue weighted by molar-refractivity contribution is 8.13. The van der Waals surface area contributed by atoms with Gasteiger partial charge in [-0.1, -0.05) is 59.2 Å². The molecule has 0 unspecified atom stereocenters. The Bertz CT molecular complexity index is 789. The second-order valence-corrected chi connectivity index (χ2v) is 10.5. The summed E-state index contributed by atoms with van der Waals surface area (Å²) in [6, 6.07) is 13.1. The molecule has 0 aromatic heterocycles. The van der Waals surface area contributed by atoms with E-state index in [2.05, 4.69) is 43.7 Å². The number of anilines is 2. The minimum atomic E-state index is -0.0476. The third-order valence-electron chi connectivity index (χ3n) is 3.97. The summed E-state index contributed by atoms with van der Waals surface area (Å²) >= 11 is 18.4. The van der Waals surface area contributed by atoms with E-state index in [1.54, 1.807) is 18.2 Å². The van der Waals surface area contributed by atoms with E-state index < -0.39 is 0 Å². The van der Waals surface area contributed by atoms with Crippen LogP contribution in [0.4, 0.5) is 11.4 Å². The van der Waals surface area contributed by atoms with Gasteiger partial charge in [-0.15, -0.1) is 0 Å². The molecule has 2 aromatic rings. The van der Waals surface area contributed by atoms with Gasteiger partial charge in [0.1, 0.15) is 0 Å². The first-order valence-corrected chi connectivity index (χ1v) is 11.2. The molecule has 0 spiro atoms. The molecule has 1 N–H and O–H groups in total. The van der Waals surface area contributed by atoms with Crippen LogP contribution in [0, 0.1) is 0 Å². The van der Waals surface area contributed by atoms with Gasteiger partial charge in [0.05, 0.1) is 15.7 Å². The predicted molar refractivity (Wildman–Crippen MR) is 128 cm³/mol. The SMILES string of the molecule is CN(CCSC(=O)Cc1ccccc1Nc1c(Cl)cccc1Cl)CC(C)(C)S. The summed E-state index contributed by atoms with van der Waals surface area (Å²) in [6.07, 6.45) is 0.345. The van der Waals surface area contributed by atoms with Crippen LogP contribution >= 0.6 is 47.6 Å². The molecule has 2 rings (SSSR count). The van der Waals surface area contributed by atoms with E-state index in [9.17, 15) is 4.79 Å². The van der Waals surface area contributed by atoms with E-state index in [0.29, 0.717) is 22.2 Å². The van der Waals surface area contributed by atoms with E-state index in [4.69, 9.17) is 23.2 Å². The number of rotatable bonds is 9. The van der Waals surface area contributed by atoms with Crippen molar-refractivity contribution in [1.29, 1.82) is 0 Å². The fourth-order valence-corrected chi connectivity index (χ4v) is 4.43. The average molecular weight is 457 g/mol. The number of benzene rings is 2. The Labute approximate surface area is 187 Å². The molecule has 0 aliphatic heterocycles. The van der Waals surface area contributed by atoms with Gasteiger partial charge < -0.3 is 10.2 Å². The topological polar surface area (TPSA) is 32.3 Å². The van der Waals surface area contributed by atoms with Crippen LogP contribution in [-0.2, 0) is 11.2 Å². The van der Waals surface area contributed by atoms with Crippen molar-refractivity contribution in [3.8, 4) is 0 Å². The lowest BCUT2D eigenvalue weighted by molar-refractivity contribution is -0.110. The Morgan fingerprint density at radius 1 is 1.14 bits per heavy atom. The fraction of sp³-hybridized carbons (Fsp3) is 0.381. The summed E-state index contributed by atoms with van der Waals surface area (Å²) in [5.74, 6) is 0.755.